The predicted molar refractivity (Wildman–Crippen MR) is 103 cm³/mol. The monoisotopic (exact) mass is 344 g/mol. The van der Waals surface area contributed by atoms with Crippen LogP contribution in [0.4, 0.5) is 0 Å². The Bertz CT molecular complexity index is 1140. The quantitative estimate of drug-likeness (QED) is 0.568. The molecule has 2 aromatic carbocycles. The standard InChI is InChI=1S/C21H20N4O/c1-14-9-10-19(15(2)11-14)25-20-18(12-23-25)21(26)24(13-22-20)16(3)17-7-5-4-6-8-17/h4-13,16H,1-3H3/t16-/m0/s1. The lowest BCUT2D eigenvalue weighted by atomic mass is 10.1. The molecule has 0 aliphatic rings. The summed E-state index contributed by atoms with van der Waals surface area (Å²) in [6, 6.07) is 16.0. The highest BCUT2D eigenvalue weighted by Crippen LogP contribution is 2.20. The van der Waals surface area contributed by atoms with E-state index >= 15 is 0 Å². The van der Waals surface area contributed by atoms with E-state index in [0.717, 1.165) is 16.8 Å². The summed E-state index contributed by atoms with van der Waals surface area (Å²) in [6.07, 6.45) is 3.22. The first-order valence-electron chi connectivity index (χ1n) is 8.63. The zero-order chi connectivity index (χ0) is 18.3. The number of nitrogens with zero attached hydrogens (tertiary/aromatic N) is 4. The second-order valence-corrected chi connectivity index (χ2v) is 6.63. The van der Waals surface area contributed by atoms with Crippen molar-refractivity contribution < 1.29 is 0 Å². The molecule has 0 aliphatic heterocycles. The Balaban J connectivity index is 1.85. The summed E-state index contributed by atoms with van der Waals surface area (Å²) in [5, 5.41) is 4.95. The van der Waals surface area contributed by atoms with Crippen molar-refractivity contribution in [3.8, 4) is 5.69 Å². The first-order chi connectivity index (χ1) is 12.6. The highest BCUT2D eigenvalue weighted by atomic mass is 16.1. The van der Waals surface area contributed by atoms with Crippen molar-refractivity contribution in [2.24, 2.45) is 0 Å². The summed E-state index contributed by atoms with van der Waals surface area (Å²) in [7, 11) is 0. The maximum absolute atomic E-state index is 13.0. The Kier molecular flexibility index (Phi) is 3.92. The summed E-state index contributed by atoms with van der Waals surface area (Å²) >= 11 is 0. The normalized spacial score (nSPS) is 12.4. The van der Waals surface area contributed by atoms with Gasteiger partial charge in [-0.15, -0.1) is 0 Å². The number of hydrogen-bond acceptors (Lipinski definition) is 3. The van der Waals surface area contributed by atoms with E-state index in [-0.39, 0.29) is 11.6 Å². The van der Waals surface area contributed by atoms with Crippen LogP contribution in [-0.4, -0.2) is 19.3 Å². The smallest absolute Gasteiger partial charge is 0.265 e. The lowest BCUT2D eigenvalue weighted by Gasteiger charge is -2.15. The molecular weight excluding hydrogens is 324 g/mol. The molecule has 130 valence electrons. The summed E-state index contributed by atoms with van der Waals surface area (Å²) in [6.45, 7) is 6.09. The van der Waals surface area contributed by atoms with Crippen LogP contribution in [0, 0.1) is 13.8 Å². The van der Waals surface area contributed by atoms with Crippen LogP contribution in [0.15, 0.2) is 65.8 Å². The molecule has 0 amide bonds. The number of benzene rings is 2. The summed E-state index contributed by atoms with van der Waals surface area (Å²) < 4.78 is 3.40. The third kappa shape index (κ3) is 2.62. The van der Waals surface area contributed by atoms with E-state index in [0.29, 0.717) is 11.0 Å². The Morgan fingerprint density at radius 1 is 1.04 bits per heavy atom. The van der Waals surface area contributed by atoms with Crippen LogP contribution in [0.3, 0.4) is 0 Å². The summed E-state index contributed by atoms with van der Waals surface area (Å²) in [5.74, 6) is 0. The van der Waals surface area contributed by atoms with Gasteiger partial charge in [0.15, 0.2) is 5.65 Å². The summed E-state index contributed by atoms with van der Waals surface area (Å²) in [4.78, 5) is 17.5. The van der Waals surface area contributed by atoms with Crippen LogP contribution < -0.4 is 5.56 Å². The van der Waals surface area contributed by atoms with Gasteiger partial charge < -0.3 is 0 Å². The first kappa shape index (κ1) is 16.3. The molecule has 0 N–H and O–H groups in total. The Hall–Kier alpha value is -3.21. The highest BCUT2D eigenvalue weighted by Gasteiger charge is 2.16. The van der Waals surface area contributed by atoms with E-state index < -0.39 is 0 Å². The molecule has 0 unspecified atom stereocenters. The topological polar surface area (TPSA) is 52.7 Å². The van der Waals surface area contributed by atoms with Gasteiger partial charge in [-0.2, -0.15) is 5.10 Å². The summed E-state index contributed by atoms with van der Waals surface area (Å²) in [5.41, 5.74) is 4.79. The van der Waals surface area contributed by atoms with Crippen LogP contribution in [0.25, 0.3) is 16.7 Å². The molecule has 0 fully saturated rings. The Morgan fingerprint density at radius 3 is 2.54 bits per heavy atom. The van der Waals surface area contributed by atoms with Gasteiger partial charge in [0.2, 0.25) is 0 Å². The highest BCUT2D eigenvalue weighted by molar-refractivity contribution is 5.75. The average Bonchev–Trinajstić information content (AvgIpc) is 3.07. The van der Waals surface area contributed by atoms with Gasteiger partial charge in [-0.05, 0) is 38.0 Å². The fourth-order valence-corrected chi connectivity index (χ4v) is 3.31. The molecule has 0 radical (unpaired) electrons. The van der Waals surface area contributed by atoms with E-state index in [9.17, 15) is 4.79 Å². The zero-order valence-corrected chi connectivity index (χ0v) is 15.0. The predicted octanol–water partition coefficient (Wildman–Crippen LogP) is 3.81. The zero-order valence-electron chi connectivity index (χ0n) is 15.0. The molecule has 2 aromatic heterocycles. The molecule has 0 saturated carbocycles. The largest absolute Gasteiger partial charge is 0.291 e. The van der Waals surface area contributed by atoms with Gasteiger partial charge in [-0.1, -0.05) is 48.0 Å². The van der Waals surface area contributed by atoms with Gasteiger partial charge in [0, 0.05) is 0 Å². The van der Waals surface area contributed by atoms with Gasteiger partial charge in [-0.25, -0.2) is 9.67 Å². The number of aryl methyl sites for hydroxylation is 2. The van der Waals surface area contributed by atoms with Gasteiger partial charge >= 0.3 is 0 Å². The maximum atomic E-state index is 13.0. The SMILES string of the molecule is Cc1ccc(-n2ncc3c(=O)n([C@@H](C)c4ccccc4)cnc32)c(C)c1. The Labute approximate surface area is 151 Å². The van der Waals surface area contributed by atoms with Crippen molar-refractivity contribution in [1.82, 2.24) is 19.3 Å². The van der Waals surface area contributed by atoms with E-state index in [2.05, 4.69) is 23.1 Å². The first-order valence-corrected chi connectivity index (χ1v) is 8.63. The fourth-order valence-electron chi connectivity index (χ4n) is 3.31. The minimum absolute atomic E-state index is 0.0811. The van der Waals surface area contributed by atoms with E-state index in [1.54, 1.807) is 21.8 Å². The minimum Gasteiger partial charge on any atom is -0.291 e. The van der Waals surface area contributed by atoms with Crippen LogP contribution >= 0.6 is 0 Å². The number of fused-ring (bicyclic) bond motifs is 1. The second-order valence-electron chi connectivity index (χ2n) is 6.63. The van der Waals surface area contributed by atoms with Crippen LogP contribution in [-0.2, 0) is 0 Å². The van der Waals surface area contributed by atoms with E-state index in [4.69, 9.17) is 0 Å². The van der Waals surface area contributed by atoms with Crippen LogP contribution in [0.2, 0.25) is 0 Å². The van der Waals surface area contributed by atoms with E-state index in [1.807, 2.05) is 56.3 Å². The van der Waals surface area contributed by atoms with Gasteiger partial charge in [0.05, 0.1) is 17.9 Å². The van der Waals surface area contributed by atoms with Gasteiger partial charge in [0.25, 0.3) is 5.56 Å². The average molecular weight is 344 g/mol. The Morgan fingerprint density at radius 2 is 1.81 bits per heavy atom. The number of hydrogen-bond donors (Lipinski definition) is 0. The lowest BCUT2D eigenvalue weighted by molar-refractivity contribution is 0.608. The van der Waals surface area contributed by atoms with Gasteiger partial charge in [-0.3, -0.25) is 9.36 Å². The third-order valence-electron chi connectivity index (χ3n) is 4.79. The maximum Gasteiger partial charge on any atom is 0.265 e. The third-order valence-corrected chi connectivity index (χ3v) is 4.79. The molecule has 5 nitrogen and oxygen atoms in total. The molecule has 0 aliphatic carbocycles. The molecule has 2 heterocycles. The molecule has 1 atom stereocenters. The van der Waals surface area contributed by atoms with Crippen molar-refractivity contribution in [2.75, 3.05) is 0 Å². The minimum atomic E-state index is -0.0925. The molecular formula is C21H20N4O. The lowest BCUT2D eigenvalue weighted by Crippen LogP contribution is -2.24. The van der Waals surface area contributed by atoms with Crippen molar-refractivity contribution in [3.63, 3.8) is 0 Å². The second kappa shape index (κ2) is 6.26. The molecule has 0 saturated heterocycles. The number of rotatable bonds is 3. The molecule has 26 heavy (non-hydrogen) atoms. The molecule has 0 bridgehead atoms. The molecule has 4 aromatic rings. The van der Waals surface area contributed by atoms with Crippen LogP contribution in [0.5, 0.6) is 0 Å². The molecule has 0 spiro atoms. The van der Waals surface area contributed by atoms with Crippen LogP contribution in [0.1, 0.15) is 29.7 Å². The van der Waals surface area contributed by atoms with Gasteiger partial charge in [0.1, 0.15) is 11.7 Å². The number of aromatic nitrogens is 4. The van der Waals surface area contributed by atoms with Crippen molar-refractivity contribution in [3.05, 3.63) is 88.1 Å². The molecule has 5 heteroatoms. The van der Waals surface area contributed by atoms with Crippen molar-refractivity contribution >= 4 is 11.0 Å². The van der Waals surface area contributed by atoms with E-state index in [1.165, 1.54) is 5.56 Å². The fraction of sp³-hybridized carbons (Fsp3) is 0.190. The molecule has 4 rings (SSSR count). The van der Waals surface area contributed by atoms with Crippen molar-refractivity contribution in [2.45, 2.75) is 26.8 Å². The van der Waals surface area contributed by atoms with Crippen molar-refractivity contribution in [1.29, 1.82) is 0 Å².